The van der Waals surface area contributed by atoms with Gasteiger partial charge in [0, 0.05) is 12.6 Å². The molecule has 0 aliphatic rings. The number of pyridine rings is 1. The molecule has 2 atom stereocenters. The van der Waals surface area contributed by atoms with E-state index in [-0.39, 0.29) is 22.8 Å². The van der Waals surface area contributed by atoms with Crippen LogP contribution in [0.15, 0.2) is 33.7 Å². The fraction of sp³-hybridized carbons (Fsp3) is 0.357. The molecule has 20 heavy (non-hydrogen) atoms. The number of nitrogens with zero attached hydrogens (tertiary/aromatic N) is 1. The first-order chi connectivity index (χ1) is 9.38. The Morgan fingerprint density at radius 2 is 2.15 bits per heavy atom. The summed E-state index contributed by atoms with van der Waals surface area (Å²) in [5.41, 5.74) is -0.442. The molecule has 0 amide bonds. The zero-order valence-electron chi connectivity index (χ0n) is 10.8. The van der Waals surface area contributed by atoms with E-state index < -0.39 is 23.7 Å². The van der Waals surface area contributed by atoms with Gasteiger partial charge in [0.2, 0.25) is 0 Å². The van der Waals surface area contributed by atoms with Crippen LogP contribution in [0.1, 0.15) is 13.3 Å². The molecule has 2 rings (SSSR count). The van der Waals surface area contributed by atoms with Crippen molar-refractivity contribution in [3.8, 4) is 0 Å². The highest BCUT2D eigenvalue weighted by Gasteiger charge is 2.13. The first-order valence-electron chi connectivity index (χ1n) is 6.19. The van der Waals surface area contributed by atoms with E-state index in [4.69, 9.17) is 5.11 Å². The quantitative estimate of drug-likeness (QED) is 0.925. The van der Waals surface area contributed by atoms with E-state index >= 15 is 0 Å². The number of aromatic nitrogens is 1. The van der Waals surface area contributed by atoms with E-state index in [1.807, 2.05) is 0 Å². The highest BCUT2D eigenvalue weighted by atomic mass is 79.9. The van der Waals surface area contributed by atoms with Crippen LogP contribution in [0.2, 0.25) is 0 Å². The van der Waals surface area contributed by atoms with Crippen LogP contribution in [-0.4, -0.2) is 21.9 Å². The molecule has 0 aliphatic carbocycles. The zero-order chi connectivity index (χ0) is 14.9. The van der Waals surface area contributed by atoms with Gasteiger partial charge in [-0.25, -0.2) is 8.78 Å². The number of rotatable bonds is 4. The summed E-state index contributed by atoms with van der Waals surface area (Å²) in [4.78, 5) is 12.2. The molecule has 1 N–H and O–H groups in total. The van der Waals surface area contributed by atoms with E-state index in [0.717, 1.165) is 6.07 Å². The second-order valence-electron chi connectivity index (χ2n) is 4.81. The van der Waals surface area contributed by atoms with Crippen LogP contribution in [0.4, 0.5) is 8.78 Å². The maximum absolute atomic E-state index is 13.7. The van der Waals surface area contributed by atoms with Crippen LogP contribution in [0.3, 0.4) is 0 Å². The maximum atomic E-state index is 13.7. The lowest BCUT2D eigenvalue weighted by molar-refractivity contribution is 0.133. The number of hydrogen-bond acceptors (Lipinski definition) is 2. The fourth-order valence-corrected chi connectivity index (χ4v) is 2.44. The molecule has 0 saturated carbocycles. The molecule has 2 aromatic rings. The van der Waals surface area contributed by atoms with Gasteiger partial charge in [-0.05, 0) is 46.4 Å². The first kappa shape index (κ1) is 15.1. The SMILES string of the molecule is C[C@H](O)CC(F)Cn1ccc2cc(Br)c(F)cc2c1=O. The largest absolute Gasteiger partial charge is 0.393 e. The van der Waals surface area contributed by atoms with E-state index in [2.05, 4.69) is 15.9 Å². The van der Waals surface area contributed by atoms with Crippen LogP contribution in [-0.2, 0) is 6.54 Å². The van der Waals surface area contributed by atoms with Gasteiger partial charge in [0.15, 0.2) is 0 Å². The number of benzene rings is 1. The first-order valence-corrected chi connectivity index (χ1v) is 6.98. The highest BCUT2D eigenvalue weighted by molar-refractivity contribution is 9.10. The summed E-state index contributed by atoms with van der Waals surface area (Å²) < 4.78 is 28.6. The number of aliphatic hydroxyl groups excluding tert-OH is 1. The number of alkyl halides is 1. The van der Waals surface area contributed by atoms with Gasteiger partial charge < -0.3 is 9.67 Å². The Labute approximate surface area is 123 Å². The van der Waals surface area contributed by atoms with Crippen molar-refractivity contribution in [2.75, 3.05) is 0 Å². The van der Waals surface area contributed by atoms with Crippen molar-refractivity contribution in [2.45, 2.75) is 32.2 Å². The van der Waals surface area contributed by atoms with Gasteiger partial charge in [-0.2, -0.15) is 0 Å². The fourth-order valence-electron chi connectivity index (χ4n) is 2.08. The summed E-state index contributed by atoms with van der Waals surface area (Å²) >= 11 is 3.06. The summed E-state index contributed by atoms with van der Waals surface area (Å²) in [6.45, 7) is 1.33. The van der Waals surface area contributed by atoms with Gasteiger partial charge >= 0.3 is 0 Å². The molecule has 3 nitrogen and oxygen atoms in total. The van der Waals surface area contributed by atoms with Crippen molar-refractivity contribution in [1.82, 2.24) is 4.57 Å². The molecule has 0 aliphatic heterocycles. The van der Waals surface area contributed by atoms with Gasteiger partial charge in [-0.15, -0.1) is 0 Å². The molecule has 1 unspecified atom stereocenters. The Kier molecular flexibility index (Phi) is 4.55. The lowest BCUT2D eigenvalue weighted by atomic mass is 10.1. The second-order valence-corrected chi connectivity index (χ2v) is 5.66. The molecule has 0 fully saturated rings. The summed E-state index contributed by atoms with van der Waals surface area (Å²) in [6, 6.07) is 4.29. The lowest BCUT2D eigenvalue weighted by Crippen LogP contribution is -2.26. The monoisotopic (exact) mass is 345 g/mol. The molecule has 1 heterocycles. The van der Waals surface area contributed by atoms with Crippen molar-refractivity contribution in [2.24, 2.45) is 0 Å². The predicted octanol–water partition coefficient (Wildman–Crippen LogP) is 3.01. The van der Waals surface area contributed by atoms with Crippen molar-refractivity contribution in [3.05, 3.63) is 45.0 Å². The number of halogens is 3. The van der Waals surface area contributed by atoms with E-state index in [1.165, 1.54) is 23.8 Å². The Balaban J connectivity index is 2.39. The molecule has 6 heteroatoms. The molecule has 0 radical (unpaired) electrons. The van der Waals surface area contributed by atoms with E-state index in [0.29, 0.717) is 5.39 Å². The van der Waals surface area contributed by atoms with E-state index in [1.54, 1.807) is 6.07 Å². The average molecular weight is 346 g/mol. The summed E-state index contributed by atoms with van der Waals surface area (Å²) in [5.74, 6) is -0.534. The smallest absolute Gasteiger partial charge is 0.258 e. The molecule has 1 aromatic carbocycles. The molecular weight excluding hydrogens is 332 g/mol. The van der Waals surface area contributed by atoms with Crippen LogP contribution >= 0.6 is 15.9 Å². The van der Waals surface area contributed by atoms with Crippen molar-refractivity contribution in [3.63, 3.8) is 0 Å². The second kappa shape index (κ2) is 6.01. The Hall–Kier alpha value is -1.27. The number of aliphatic hydroxyl groups is 1. The third-order valence-corrected chi connectivity index (χ3v) is 3.62. The normalized spacial score (nSPS) is 14.4. The Morgan fingerprint density at radius 1 is 1.45 bits per heavy atom. The Bertz CT molecular complexity index is 685. The Morgan fingerprint density at radius 3 is 2.80 bits per heavy atom. The topological polar surface area (TPSA) is 42.2 Å². The van der Waals surface area contributed by atoms with Gasteiger partial charge in [0.25, 0.3) is 5.56 Å². The lowest BCUT2D eigenvalue weighted by Gasteiger charge is -2.13. The standard InChI is InChI=1S/C14H14BrF2NO2/c1-8(19)4-10(16)7-18-3-2-9-5-12(15)13(17)6-11(9)14(18)20/h2-3,5-6,8,10,19H,4,7H2,1H3/t8-,10?/m0/s1. The minimum absolute atomic E-state index is 0.0425. The van der Waals surface area contributed by atoms with Gasteiger partial charge in [-0.3, -0.25) is 4.79 Å². The van der Waals surface area contributed by atoms with Gasteiger partial charge in [0.1, 0.15) is 12.0 Å². The average Bonchev–Trinajstić information content (AvgIpc) is 2.34. The van der Waals surface area contributed by atoms with E-state index in [9.17, 15) is 13.6 Å². The van der Waals surface area contributed by atoms with Crippen molar-refractivity contribution < 1.29 is 13.9 Å². The van der Waals surface area contributed by atoms with Crippen molar-refractivity contribution >= 4 is 26.7 Å². The third-order valence-electron chi connectivity index (χ3n) is 3.01. The van der Waals surface area contributed by atoms with Crippen LogP contribution in [0.5, 0.6) is 0 Å². The minimum Gasteiger partial charge on any atom is -0.393 e. The molecule has 1 aromatic heterocycles. The van der Waals surface area contributed by atoms with Gasteiger partial charge in [0.05, 0.1) is 22.5 Å². The molecule has 0 spiro atoms. The molecular formula is C14H14BrF2NO2. The van der Waals surface area contributed by atoms with Crippen LogP contribution in [0.25, 0.3) is 10.8 Å². The van der Waals surface area contributed by atoms with Crippen LogP contribution in [0, 0.1) is 5.82 Å². The minimum atomic E-state index is -1.33. The van der Waals surface area contributed by atoms with Crippen molar-refractivity contribution in [1.29, 1.82) is 0 Å². The summed E-state index contributed by atoms with van der Waals surface area (Å²) in [6.07, 6.45) is -0.664. The molecule has 0 saturated heterocycles. The van der Waals surface area contributed by atoms with Gasteiger partial charge in [-0.1, -0.05) is 0 Å². The van der Waals surface area contributed by atoms with Crippen LogP contribution < -0.4 is 5.56 Å². The highest BCUT2D eigenvalue weighted by Crippen LogP contribution is 2.21. The number of fused-ring (bicyclic) bond motifs is 1. The zero-order valence-corrected chi connectivity index (χ0v) is 12.4. The maximum Gasteiger partial charge on any atom is 0.258 e. The predicted molar refractivity (Wildman–Crippen MR) is 77.1 cm³/mol. The summed E-state index contributed by atoms with van der Waals surface area (Å²) in [5, 5.41) is 9.92. The molecule has 0 bridgehead atoms. The third kappa shape index (κ3) is 3.24. The molecule has 108 valence electrons. The number of hydrogen-bond donors (Lipinski definition) is 1. The summed E-state index contributed by atoms with van der Waals surface area (Å²) in [7, 11) is 0.